The molecular weight excluding hydrogens is 388 g/mol. The second-order valence-corrected chi connectivity index (χ2v) is 10.1. The number of amides is 1. The summed E-state index contributed by atoms with van der Waals surface area (Å²) in [5, 5.41) is 3.04. The molecule has 2 aromatic carbocycles. The van der Waals surface area contributed by atoms with Gasteiger partial charge in [-0.25, -0.2) is 8.42 Å². The van der Waals surface area contributed by atoms with Gasteiger partial charge in [0, 0.05) is 12.0 Å². The molecular formula is C22H28N2O4S. The van der Waals surface area contributed by atoms with E-state index in [-0.39, 0.29) is 11.9 Å². The first-order chi connectivity index (χ1) is 13.5. The predicted octanol–water partition coefficient (Wildman–Crippen LogP) is 3.57. The molecule has 0 unspecified atom stereocenters. The largest absolute Gasteiger partial charge is 0.487 e. The summed E-state index contributed by atoms with van der Waals surface area (Å²) in [5.41, 5.74) is 1.85. The Labute approximate surface area is 172 Å². The van der Waals surface area contributed by atoms with Gasteiger partial charge in [-0.05, 0) is 51.5 Å². The fourth-order valence-electron chi connectivity index (χ4n) is 3.80. The summed E-state index contributed by atoms with van der Waals surface area (Å²) in [4.78, 5) is 13.1. The highest BCUT2D eigenvalue weighted by molar-refractivity contribution is 7.92. The van der Waals surface area contributed by atoms with Crippen LogP contribution in [0.3, 0.4) is 0 Å². The molecule has 0 aliphatic carbocycles. The van der Waals surface area contributed by atoms with Crippen LogP contribution in [0.25, 0.3) is 0 Å². The molecule has 7 heteroatoms. The molecule has 1 aliphatic rings. The summed E-state index contributed by atoms with van der Waals surface area (Å²) in [6.45, 7) is 7.44. The van der Waals surface area contributed by atoms with Gasteiger partial charge in [-0.2, -0.15) is 0 Å². The smallest absolute Gasteiger partial charge is 0.244 e. The number of anilines is 1. The number of fused-ring (bicyclic) bond motifs is 1. The molecule has 0 aromatic heterocycles. The number of carbonyl (C=O) groups is 1. The van der Waals surface area contributed by atoms with Gasteiger partial charge < -0.3 is 10.1 Å². The number of ether oxygens (including phenoxy) is 1. The molecule has 1 aliphatic heterocycles. The SMILES string of the molecule is Cc1cccc(N([C@H](C)C(=O)N[C@@H]2CC(C)(C)Oc3ccccc32)S(C)(=O)=O)c1. The Bertz CT molecular complexity index is 1020. The Morgan fingerprint density at radius 1 is 1.21 bits per heavy atom. The third kappa shape index (κ3) is 4.72. The van der Waals surface area contributed by atoms with Crippen molar-refractivity contribution in [2.24, 2.45) is 0 Å². The molecule has 3 rings (SSSR count). The van der Waals surface area contributed by atoms with E-state index in [9.17, 15) is 13.2 Å². The molecule has 0 fully saturated rings. The lowest BCUT2D eigenvalue weighted by Crippen LogP contribution is -2.50. The minimum absolute atomic E-state index is 0.260. The molecule has 1 heterocycles. The van der Waals surface area contributed by atoms with Crippen LogP contribution in [0.2, 0.25) is 0 Å². The maximum Gasteiger partial charge on any atom is 0.244 e. The van der Waals surface area contributed by atoms with Gasteiger partial charge in [0.2, 0.25) is 15.9 Å². The highest BCUT2D eigenvalue weighted by Crippen LogP contribution is 2.39. The van der Waals surface area contributed by atoms with E-state index in [1.54, 1.807) is 25.1 Å². The number of nitrogens with one attached hydrogen (secondary N) is 1. The number of carbonyl (C=O) groups excluding carboxylic acids is 1. The molecule has 2 atom stereocenters. The first-order valence-electron chi connectivity index (χ1n) is 9.62. The van der Waals surface area contributed by atoms with Gasteiger partial charge in [-0.15, -0.1) is 0 Å². The van der Waals surface area contributed by atoms with Crippen LogP contribution in [0.1, 0.15) is 44.4 Å². The molecule has 2 aromatic rings. The van der Waals surface area contributed by atoms with Crippen molar-refractivity contribution in [2.75, 3.05) is 10.6 Å². The topological polar surface area (TPSA) is 75.7 Å². The van der Waals surface area contributed by atoms with Crippen LogP contribution in [0.15, 0.2) is 48.5 Å². The van der Waals surface area contributed by atoms with Crippen molar-refractivity contribution >= 4 is 21.6 Å². The fourth-order valence-corrected chi connectivity index (χ4v) is 4.96. The molecule has 0 spiro atoms. The number of hydrogen-bond acceptors (Lipinski definition) is 4. The van der Waals surface area contributed by atoms with Gasteiger partial charge in [0.25, 0.3) is 0 Å². The van der Waals surface area contributed by atoms with Crippen LogP contribution in [0.5, 0.6) is 5.75 Å². The Hall–Kier alpha value is -2.54. The average molecular weight is 417 g/mol. The van der Waals surface area contributed by atoms with Gasteiger partial charge in [0.15, 0.2) is 0 Å². The van der Waals surface area contributed by atoms with E-state index in [1.807, 2.05) is 51.1 Å². The summed E-state index contributed by atoms with van der Waals surface area (Å²) in [7, 11) is -3.66. The van der Waals surface area contributed by atoms with Crippen LogP contribution in [0, 0.1) is 6.92 Å². The van der Waals surface area contributed by atoms with Crippen molar-refractivity contribution in [1.29, 1.82) is 0 Å². The lowest BCUT2D eigenvalue weighted by Gasteiger charge is -2.38. The molecule has 0 saturated carbocycles. The van der Waals surface area contributed by atoms with Crippen molar-refractivity contribution < 1.29 is 17.9 Å². The molecule has 1 amide bonds. The Balaban J connectivity index is 1.89. The second kappa shape index (κ2) is 7.71. The number of benzene rings is 2. The Morgan fingerprint density at radius 3 is 2.55 bits per heavy atom. The zero-order valence-corrected chi connectivity index (χ0v) is 18.3. The number of hydrogen-bond donors (Lipinski definition) is 1. The first-order valence-corrected chi connectivity index (χ1v) is 11.5. The van der Waals surface area contributed by atoms with E-state index in [0.29, 0.717) is 12.1 Å². The van der Waals surface area contributed by atoms with Gasteiger partial charge in [-0.1, -0.05) is 30.3 Å². The van der Waals surface area contributed by atoms with Crippen LogP contribution in [-0.4, -0.2) is 32.2 Å². The number of sulfonamides is 1. The average Bonchev–Trinajstić information content (AvgIpc) is 2.59. The number of aryl methyl sites for hydroxylation is 1. The van der Waals surface area contributed by atoms with Crippen molar-refractivity contribution in [3.8, 4) is 5.75 Å². The van der Waals surface area contributed by atoms with Gasteiger partial charge in [0.05, 0.1) is 18.0 Å². The van der Waals surface area contributed by atoms with Crippen molar-refractivity contribution in [3.63, 3.8) is 0 Å². The van der Waals surface area contributed by atoms with E-state index >= 15 is 0 Å². The van der Waals surface area contributed by atoms with Crippen molar-refractivity contribution in [1.82, 2.24) is 5.32 Å². The predicted molar refractivity (Wildman–Crippen MR) is 115 cm³/mol. The molecule has 0 bridgehead atoms. The van der Waals surface area contributed by atoms with Crippen LogP contribution >= 0.6 is 0 Å². The Morgan fingerprint density at radius 2 is 1.90 bits per heavy atom. The lowest BCUT2D eigenvalue weighted by molar-refractivity contribution is -0.123. The molecule has 0 radical (unpaired) electrons. The third-order valence-electron chi connectivity index (χ3n) is 5.04. The zero-order valence-electron chi connectivity index (χ0n) is 17.5. The zero-order chi connectivity index (χ0) is 21.4. The Kier molecular flexibility index (Phi) is 5.63. The second-order valence-electron chi connectivity index (χ2n) is 8.24. The van der Waals surface area contributed by atoms with E-state index in [4.69, 9.17) is 4.74 Å². The summed E-state index contributed by atoms with van der Waals surface area (Å²) in [5.74, 6) is 0.384. The normalized spacial score (nSPS) is 18.9. The quantitative estimate of drug-likeness (QED) is 0.809. The maximum absolute atomic E-state index is 13.1. The summed E-state index contributed by atoms with van der Waals surface area (Å²) >= 11 is 0. The van der Waals surface area contributed by atoms with Crippen molar-refractivity contribution in [3.05, 3.63) is 59.7 Å². The fraction of sp³-hybridized carbons (Fsp3) is 0.409. The van der Waals surface area contributed by atoms with Gasteiger partial charge in [-0.3, -0.25) is 9.10 Å². The minimum atomic E-state index is -3.66. The molecule has 6 nitrogen and oxygen atoms in total. The molecule has 156 valence electrons. The summed E-state index contributed by atoms with van der Waals surface area (Å²) < 4.78 is 32.2. The van der Waals surface area contributed by atoms with Gasteiger partial charge >= 0.3 is 0 Å². The monoisotopic (exact) mass is 416 g/mol. The van der Waals surface area contributed by atoms with Crippen LogP contribution in [0.4, 0.5) is 5.69 Å². The van der Waals surface area contributed by atoms with Crippen LogP contribution < -0.4 is 14.4 Å². The van der Waals surface area contributed by atoms with E-state index in [1.165, 1.54) is 4.31 Å². The standard InChI is InChI=1S/C22H28N2O4S/c1-15-9-8-10-17(13-15)24(29(5,26)27)16(2)21(25)23-19-14-22(3,4)28-20-12-7-6-11-18(19)20/h6-13,16,19H,14H2,1-5H3,(H,23,25)/t16-,19-/m1/s1. The number of nitrogens with zero attached hydrogens (tertiary/aromatic N) is 1. The molecule has 29 heavy (non-hydrogen) atoms. The number of rotatable bonds is 5. The van der Waals surface area contributed by atoms with E-state index in [0.717, 1.165) is 23.1 Å². The summed E-state index contributed by atoms with van der Waals surface area (Å²) in [6, 6.07) is 13.6. The van der Waals surface area contributed by atoms with E-state index in [2.05, 4.69) is 5.32 Å². The first kappa shape index (κ1) is 21.2. The van der Waals surface area contributed by atoms with Crippen LogP contribution in [-0.2, 0) is 14.8 Å². The minimum Gasteiger partial charge on any atom is -0.487 e. The molecule has 1 N–H and O–H groups in total. The highest BCUT2D eigenvalue weighted by Gasteiger charge is 2.36. The van der Waals surface area contributed by atoms with Crippen molar-refractivity contribution in [2.45, 2.75) is 51.8 Å². The van der Waals surface area contributed by atoms with Gasteiger partial charge in [0.1, 0.15) is 17.4 Å². The number of para-hydroxylation sites is 1. The maximum atomic E-state index is 13.1. The summed E-state index contributed by atoms with van der Waals surface area (Å²) in [6.07, 6.45) is 1.71. The van der Waals surface area contributed by atoms with E-state index < -0.39 is 21.7 Å². The highest BCUT2D eigenvalue weighted by atomic mass is 32.2. The molecule has 0 saturated heterocycles. The third-order valence-corrected chi connectivity index (χ3v) is 6.28. The lowest BCUT2D eigenvalue weighted by atomic mass is 9.89.